The van der Waals surface area contributed by atoms with Gasteiger partial charge in [-0.15, -0.1) is 0 Å². The maximum Gasteiger partial charge on any atom is 0.254 e. The number of nitrogens with one attached hydrogen (secondary N) is 1. The van der Waals surface area contributed by atoms with Gasteiger partial charge in [0.1, 0.15) is 17.5 Å². The summed E-state index contributed by atoms with van der Waals surface area (Å²) in [5, 5.41) is 37.8. The Labute approximate surface area is 144 Å². The normalized spacial score (nSPS) is 20.6. The van der Waals surface area contributed by atoms with Crippen LogP contribution in [0, 0.1) is 11.3 Å². The molecule has 1 aromatic rings. The van der Waals surface area contributed by atoms with E-state index in [4.69, 9.17) is 15.1 Å². The summed E-state index contributed by atoms with van der Waals surface area (Å²) in [6, 6.07) is 6.34. The molecule has 1 aromatic carbocycles. The summed E-state index contributed by atoms with van der Waals surface area (Å²) in [6.45, 7) is 3.49. The zero-order valence-corrected chi connectivity index (χ0v) is 14.1. The molecule has 1 heterocycles. The number of aliphatic hydroxyl groups excluding tert-OH is 3. The van der Waals surface area contributed by atoms with E-state index in [-0.39, 0.29) is 0 Å². The Kier molecular flexibility index (Phi) is 6.09. The number of nitrogens with zero attached hydrogens (tertiary/aromatic N) is 1. The third kappa shape index (κ3) is 4.92. The van der Waals surface area contributed by atoms with Crippen LogP contribution in [0.25, 0.3) is 0 Å². The maximum atomic E-state index is 10.3. The monoisotopic (exact) mass is 355 g/mol. The number of nitrogens with two attached hydrogens (primary N) is 1. The van der Waals surface area contributed by atoms with Gasteiger partial charge in [-0.25, -0.2) is 0 Å². The van der Waals surface area contributed by atoms with E-state index in [9.17, 15) is 10.2 Å². The number of rotatable bonds is 1. The van der Waals surface area contributed by atoms with Gasteiger partial charge in [-0.2, -0.15) is 5.26 Å². The van der Waals surface area contributed by atoms with Gasteiger partial charge in [-0.3, -0.25) is 0 Å². The van der Waals surface area contributed by atoms with Gasteiger partial charge in [0.05, 0.1) is 17.7 Å². The first-order valence-corrected chi connectivity index (χ1v) is 7.29. The van der Waals surface area contributed by atoms with E-state index in [0.717, 1.165) is 0 Å². The van der Waals surface area contributed by atoms with Crippen molar-refractivity contribution in [1.29, 1.82) is 5.26 Å². The predicted molar refractivity (Wildman–Crippen MR) is 92.4 cm³/mol. The number of benzene rings is 1. The number of thiocarbonyl (C=S) groups is 2. The molecule has 0 fully saturated rings. The highest BCUT2D eigenvalue weighted by atomic mass is 32.1. The summed E-state index contributed by atoms with van der Waals surface area (Å²) in [5.74, 6) is 0.558. The van der Waals surface area contributed by atoms with E-state index >= 15 is 0 Å². The lowest BCUT2D eigenvalue weighted by Crippen LogP contribution is -2.53. The first-order valence-electron chi connectivity index (χ1n) is 6.47. The summed E-state index contributed by atoms with van der Waals surface area (Å²) in [4.78, 5) is 0. The van der Waals surface area contributed by atoms with Gasteiger partial charge in [0.2, 0.25) is 0 Å². The lowest BCUT2D eigenvalue weighted by atomic mass is 9.86. The quantitative estimate of drug-likeness (QED) is 0.474. The number of hydrogen-bond acceptors (Lipinski definition) is 5. The first-order chi connectivity index (χ1) is 10.6. The van der Waals surface area contributed by atoms with Gasteiger partial charge in [-0.05, 0) is 56.5 Å². The lowest BCUT2D eigenvalue weighted by molar-refractivity contribution is -0.0615. The van der Waals surface area contributed by atoms with Gasteiger partial charge in [0.15, 0.2) is 0 Å². The number of hydrogen-bond donors (Lipinski definition) is 5. The average Bonchev–Trinajstić information content (AvgIpc) is 2.42. The molecule has 2 rings (SSSR count). The summed E-state index contributed by atoms with van der Waals surface area (Å²) >= 11 is 8.49. The molecule has 2 unspecified atom stereocenters. The fourth-order valence-electron chi connectivity index (χ4n) is 2.16. The van der Waals surface area contributed by atoms with Gasteiger partial charge in [-0.1, -0.05) is 0 Å². The number of fused-ring (bicyclic) bond motifs is 1. The zero-order chi connectivity index (χ0) is 17.8. The molecule has 124 valence electrons. The Bertz CT molecular complexity index is 654. The standard InChI is InChI=1S/C13H14N2O3S.CH3NOS/c1-13(2)11(16)10(15-12(17)19)8-5-7(6-14)3-4-9(8)18-13;2-1(3)4/h3-5,10-11,16H,1-2H3,(H2,15,17,19);(H3,2,3,4). The van der Waals surface area contributed by atoms with E-state index in [1.165, 1.54) is 0 Å². The molecule has 0 amide bonds. The fraction of sp³-hybridized carbons (Fsp3) is 0.357. The van der Waals surface area contributed by atoms with Crippen molar-refractivity contribution in [1.82, 2.24) is 5.32 Å². The first kappa shape index (κ1) is 18.9. The van der Waals surface area contributed by atoms with E-state index in [1.54, 1.807) is 32.0 Å². The van der Waals surface area contributed by atoms with Gasteiger partial charge in [0.25, 0.3) is 10.3 Å². The molecular formula is C14H17N3O4S2. The topological polar surface area (TPSA) is 132 Å². The van der Waals surface area contributed by atoms with Crippen molar-refractivity contribution in [2.24, 2.45) is 5.73 Å². The predicted octanol–water partition coefficient (Wildman–Crippen LogP) is 1.35. The van der Waals surface area contributed by atoms with Crippen molar-refractivity contribution in [3.8, 4) is 11.8 Å². The van der Waals surface area contributed by atoms with Crippen LogP contribution in [0.2, 0.25) is 0 Å². The van der Waals surface area contributed by atoms with E-state index < -0.39 is 28.1 Å². The van der Waals surface area contributed by atoms with E-state index in [1.807, 2.05) is 6.07 Å². The van der Waals surface area contributed by atoms with Crippen LogP contribution in [0.15, 0.2) is 18.2 Å². The van der Waals surface area contributed by atoms with Crippen LogP contribution in [0.1, 0.15) is 31.0 Å². The van der Waals surface area contributed by atoms with Crippen molar-refractivity contribution >= 4 is 34.8 Å². The molecule has 9 heteroatoms. The Balaban J connectivity index is 0.000000593. The largest absolute Gasteiger partial charge is 0.487 e. The molecule has 6 N–H and O–H groups in total. The molecule has 7 nitrogen and oxygen atoms in total. The van der Waals surface area contributed by atoms with Crippen LogP contribution in [0.4, 0.5) is 0 Å². The third-order valence-electron chi connectivity index (χ3n) is 3.15. The minimum Gasteiger partial charge on any atom is -0.487 e. The van der Waals surface area contributed by atoms with Crippen LogP contribution < -0.4 is 15.8 Å². The highest BCUT2D eigenvalue weighted by molar-refractivity contribution is 7.80. The molecule has 0 aliphatic carbocycles. The zero-order valence-electron chi connectivity index (χ0n) is 12.5. The average molecular weight is 355 g/mol. The molecule has 2 atom stereocenters. The minimum absolute atomic E-state index is 0.407. The number of aliphatic hydroxyl groups is 3. The van der Waals surface area contributed by atoms with Gasteiger partial charge < -0.3 is 31.1 Å². The third-order valence-corrected chi connectivity index (χ3v) is 3.27. The number of ether oxygens (including phenoxy) is 1. The summed E-state index contributed by atoms with van der Waals surface area (Å²) in [5.41, 5.74) is 4.62. The maximum absolute atomic E-state index is 10.3. The lowest BCUT2D eigenvalue weighted by Gasteiger charge is -2.42. The molecule has 0 spiro atoms. The molecule has 0 aromatic heterocycles. The molecule has 0 bridgehead atoms. The fourth-order valence-corrected chi connectivity index (χ4v) is 2.29. The summed E-state index contributed by atoms with van der Waals surface area (Å²) < 4.78 is 5.72. The Morgan fingerprint density at radius 3 is 2.43 bits per heavy atom. The Morgan fingerprint density at radius 2 is 1.96 bits per heavy atom. The molecule has 0 saturated carbocycles. The van der Waals surface area contributed by atoms with Crippen molar-refractivity contribution < 1.29 is 20.1 Å². The molecule has 23 heavy (non-hydrogen) atoms. The van der Waals surface area contributed by atoms with Crippen LogP contribution in [-0.4, -0.2) is 37.4 Å². The SMILES string of the molecule is CC1(C)Oc2ccc(C#N)cc2C(NC(O)=S)C1O.NC(O)=S. The molecular weight excluding hydrogens is 338 g/mol. The summed E-state index contributed by atoms with van der Waals surface area (Å²) in [7, 11) is 0. The molecule has 0 saturated heterocycles. The second-order valence-electron chi connectivity index (χ2n) is 5.28. The Hall–Kier alpha value is -2.15. The van der Waals surface area contributed by atoms with Crippen LogP contribution >= 0.6 is 24.4 Å². The minimum atomic E-state index is -0.918. The molecule has 1 aliphatic rings. The van der Waals surface area contributed by atoms with Gasteiger partial charge in [0, 0.05) is 5.56 Å². The Morgan fingerprint density at radius 1 is 1.39 bits per heavy atom. The smallest absolute Gasteiger partial charge is 0.254 e. The van der Waals surface area contributed by atoms with E-state index in [0.29, 0.717) is 16.9 Å². The second kappa shape index (κ2) is 7.41. The molecule has 1 aliphatic heterocycles. The van der Waals surface area contributed by atoms with Crippen molar-refractivity contribution in [2.75, 3.05) is 0 Å². The van der Waals surface area contributed by atoms with Crippen LogP contribution in [0.3, 0.4) is 0 Å². The summed E-state index contributed by atoms with van der Waals surface area (Å²) in [6.07, 6.45) is -0.918. The number of nitriles is 1. The second-order valence-corrected chi connectivity index (χ2v) is 6.09. The van der Waals surface area contributed by atoms with Crippen LogP contribution in [0.5, 0.6) is 5.75 Å². The van der Waals surface area contributed by atoms with Crippen LogP contribution in [-0.2, 0) is 0 Å². The van der Waals surface area contributed by atoms with E-state index in [2.05, 4.69) is 35.5 Å². The van der Waals surface area contributed by atoms with Crippen molar-refractivity contribution in [2.45, 2.75) is 31.6 Å². The van der Waals surface area contributed by atoms with Crippen molar-refractivity contribution in [3.05, 3.63) is 29.3 Å². The highest BCUT2D eigenvalue weighted by Crippen LogP contribution is 2.40. The van der Waals surface area contributed by atoms with Crippen molar-refractivity contribution in [3.63, 3.8) is 0 Å². The van der Waals surface area contributed by atoms with Gasteiger partial charge >= 0.3 is 0 Å². The highest BCUT2D eigenvalue weighted by Gasteiger charge is 2.43. The molecule has 0 radical (unpaired) electrons.